The number of aliphatic carboxylic acids is 2. The van der Waals surface area contributed by atoms with Crippen LogP contribution in [-0.2, 0) is 14.3 Å². The second-order valence-corrected chi connectivity index (χ2v) is 2.21. The Morgan fingerprint density at radius 1 is 1.42 bits per heavy atom. The van der Waals surface area contributed by atoms with Gasteiger partial charge in [0, 0.05) is 13.5 Å². The number of methoxy groups -OCH3 is 1. The molecule has 0 aromatic carbocycles. The van der Waals surface area contributed by atoms with E-state index in [-0.39, 0.29) is 12.8 Å². The zero-order chi connectivity index (χ0) is 9.56. The molecule has 0 amide bonds. The number of ether oxygens (including phenoxy) is 1. The number of carbonyl (C=O) groups is 2. The van der Waals surface area contributed by atoms with Gasteiger partial charge in [-0.3, -0.25) is 9.59 Å². The predicted octanol–water partition coefficient (Wildman–Crippen LogP) is 0.155. The van der Waals surface area contributed by atoms with Gasteiger partial charge in [-0.25, -0.2) is 0 Å². The van der Waals surface area contributed by atoms with Crippen LogP contribution in [0.1, 0.15) is 12.8 Å². The average molecular weight is 175 g/mol. The highest BCUT2D eigenvalue weighted by Crippen LogP contribution is 2.04. The van der Waals surface area contributed by atoms with E-state index in [1.54, 1.807) is 0 Å². The van der Waals surface area contributed by atoms with Crippen molar-refractivity contribution in [2.24, 2.45) is 0 Å². The lowest BCUT2D eigenvalue weighted by Crippen LogP contribution is -2.17. The average Bonchev–Trinajstić information content (AvgIpc) is 1.97. The highest BCUT2D eigenvalue weighted by Gasteiger charge is 2.13. The molecule has 2 N–H and O–H groups in total. The Morgan fingerprint density at radius 3 is 2.33 bits per heavy atom. The first-order valence-electron chi connectivity index (χ1n) is 3.36. The fourth-order valence-corrected chi connectivity index (χ4v) is 0.667. The Bertz CT molecular complexity index is 165. The summed E-state index contributed by atoms with van der Waals surface area (Å²) in [5, 5.41) is 16.6. The second-order valence-electron chi connectivity index (χ2n) is 2.21. The van der Waals surface area contributed by atoms with E-state index < -0.39 is 18.0 Å². The first kappa shape index (κ1) is 10.9. The monoisotopic (exact) mass is 175 g/mol. The minimum atomic E-state index is -1.01. The van der Waals surface area contributed by atoms with Gasteiger partial charge in [-0.15, -0.1) is 0 Å². The van der Waals surface area contributed by atoms with Crippen LogP contribution < -0.4 is 0 Å². The van der Waals surface area contributed by atoms with Crippen molar-refractivity contribution >= 4 is 11.9 Å². The molecule has 0 saturated heterocycles. The maximum atomic E-state index is 10.2. The van der Waals surface area contributed by atoms with Crippen LogP contribution in [0.15, 0.2) is 0 Å². The van der Waals surface area contributed by atoms with Crippen LogP contribution in [0.5, 0.6) is 0 Å². The molecule has 12 heavy (non-hydrogen) atoms. The van der Waals surface area contributed by atoms with Crippen molar-refractivity contribution in [2.75, 3.05) is 7.11 Å². The van der Waals surface area contributed by atoms with Gasteiger partial charge in [-0.2, -0.15) is 0 Å². The van der Waals surface area contributed by atoms with Crippen LogP contribution in [-0.4, -0.2) is 35.4 Å². The van der Waals surface area contributed by atoms with E-state index >= 15 is 0 Å². The Hall–Kier alpha value is -1.10. The van der Waals surface area contributed by atoms with E-state index in [1.165, 1.54) is 13.5 Å². The molecule has 5 nitrogen and oxygen atoms in total. The normalized spacial score (nSPS) is 12.4. The molecule has 0 aromatic rings. The fraction of sp³-hybridized carbons (Fsp3) is 0.571. The summed E-state index contributed by atoms with van der Waals surface area (Å²) in [6.45, 7) is 0. The molecule has 0 heterocycles. The Kier molecular flexibility index (Phi) is 5.03. The van der Waals surface area contributed by atoms with Gasteiger partial charge in [0.05, 0.1) is 18.9 Å². The Balaban J connectivity index is 3.67. The summed E-state index contributed by atoms with van der Waals surface area (Å²) in [5.41, 5.74) is 0. The van der Waals surface area contributed by atoms with E-state index in [0.29, 0.717) is 0 Å². The van der Waals surface area contributed by atoms with Crippen molar-refractivity contribution in [3.8, 4) is 0 Å². The molecule has 0 spiro atoms. The van der Waals surface area contributed by atoms with Gasteiger partial charge in [0.2, 0.25) is 0 Å². The van der Waals surface area contributed by atoms with Gasteiger partial charge < -0.3 is 14.9 Å². The summed E-state index contributed by atoms with van der Waals surface area (Å²) in [7, 11) is 1.34. The first-order valence-corrected chi connectivity index (χ1v) is 3.36. The summed E-state index contributed by atoms with van der Waals surface area (Å²) in [6, 6.07) is 0. The third kappa shape index (κ3) is 5.67. The van der Waals surface area contributed by atoms with Gasteiger partial charge in [-0.05, 0) is 0 Å². The predicted molar refractivity (Wildman–Crippen MR) is 39.6 cm³/mol. The quantitative estimate of drug-likeness (QED) is 0.600. The molecule has 1 radical (unpaired) electrons. The molecule has 0 aromatic heterocycles. The van der Waals surface area contributed by atoms with E-state index in [9.17, 15) is 9.59 Å². The topological polar surface area (TPSA) is 83.8 Å². The maximum Gasteiger partial charge on any atom is 0.305 e. The molecular weight excluding hydrogens is 164 g/mol. The van der Waals surface area contributed by atoms with Gasteiger partial charge in [0.15, 0.2) is 0 Å². The molecule has 0 aliphatic carbocycles. The van der Waals surface area contributed by atoms with E-state index in [1.807, 2.05) is 0 Å². The molecular formula is C7H11O5. The van der Waals surface area contributed by atoms with Gasteiger partial charge >= 0.3 is 11.9 Å². The molecule has 5 heteroatoms. The lowest BCUT2D eigenvalue weighted by atomic mass is 10.1. The van der Waals surface area contributed by atoms with Crippen molar-refractivity contribution in [1.29, 1.82) is 0 Å². The maximum absolute atomic E-state index is 10.2. The highest BCUT2D eigenvalue weighted by molar-refractivity contribution is 5.70. The molecule has 1 atom stereocenters. The van der Waals surface area contributed by atoms with Gasteiger partial charge in [0.25, 0.3) is 0 Å². The lowest BCUT2D eigenvalue weighted by molar-refractivity contribution is -0.140. The Morgan fingerprint density at radius 2 is 2.00 bits per heavy atom. The van der Waals surface area contributed by atoms with E-state index in [0.717, 1.165) is 0 Å². The van der Waals surface area contributed by atoms with Crippen LogP contribution in [0.4, 0.5) is 0 Å². The van der Waals surface area contributed by atoms with E-state index in [4.69, 9.17) is 14.9 Å². The minimum absolute atomic E-state index is 0.189. The molecule has 0 aliphatic rings. The molecule has 69 valence electrons. The molecule has 0 aliphatic heterocycles. The highest BCUT2D eigenvalue weighted by atomic mass is 16.5. The summed E-state index contributed by atoms with van der Waals surface area (Å²) in [6.07, 6.45) is 0.296. The van der Waals surface area contributed by atoms with Crippen LogP contribution in [0.3, 0.4) is 0 Å². The van der Waals surface area contributed by atoms with Crippen LogP contribution in [0, 0.1) is 6.42 Å². The third-order valence-electron chi connectivity index (χ3n) is 1.23. The van der Waals surface area contributed by atoms with Crippen molar-refractivity contribution in [3.63, 3.8) is 0 Å². The minimum Gasteiger partial charge on any atom is -0.481 e. The Labute approximate surface area is 70.0 Å². The lowest BCUT2D eigenvalue weighted by Gasteiger charge is -2.10. The van der Waals surface area contributed by atoms with Crippen molar-refractivity contribution in [2.45, 2.75) is 18.9 Å². The zero-order valence-electron chi connectivity index (χ0n) is 6.69. The number of carboxylic acids is 2. The number of hydrogen-bond acceptors (Lipinski definition) is 3. The SMILES string of the molecule is COC([CH]CC(=O)O)CC(=O)O. The van der Waals surface area contributed by atoms with Crippen LogP contribution >= 0.6 is 0 Å². The van der Waals surface area contributed by atoms with Crippen molar-refractivity contribution < 1.29 is 24.5 Å². The number of rotatable bonds is 6. The fourth-order valence-electron chi connectivity index (χ4n) is 0.667. The standard InChI is InChI=1S/C7H11O5/c1-12-5(4-7(10)11)2-3-6(8)9/h2,5H,3-4H2,1H3,(H,8,9)(H,10,11). The molecule has 0 rings (SSSR count). The molecule has 0 fully saturated rings. The smallest absolute Gasteiger partial charge is 0.305 e. The largest absolute Gasteiger partial charge is 0.481 e. The molecule has 0 saturated carbocycles. The molecule has 0 bridgehead atoms. The number of carboxylic acid groups (broad SMARTS) is 2. The summed E-state index contributed by atoms with van der Waals surface area (Å²) in [5.74, 6) is -2.01. The summed E-state index contributed by atoms with van der Waals surface area (Å²) >= 11 is 0. The van der Waals surface area contributed by atoms with E-state index in [2.05, 4.69) is 0 Å². The zero-order valence-corrected chi connectivity index (χ0v) is 6.69. The van der Waals surface area contributed by atoms with Crippen molar-refractivity contribution in [1.82, 2.24) is 0 Å². The summed E-state index contributed by atoms with van der Waals surface area (Å²) in [4.78, 5) is 20.2. The van der Waals surface area contributed by atoms with Crippen LogP contribution in [0.25, 0.3) is 0 Å². The number of hydrogen-bond donors (Lipinski definition) is 2. The molecule has 1 unspecified atom stereocenters. The second kappa shape index (κ2) is 5.54. The van der Waals surface area contributed by atoms with Gasteiger partial charge in [-0.1, -0.05) is 0 Å². The van der Waals surface area contributed by atoms with Crippen molar-refractivity contribution in [3.05, 3.63) is 6.42 Å². The first-order chi connectivity index (χ1) is 5.56. The third-order valence-corrected chi connectivity index (χ3v) is 1.23. The summed E-state index contributed by atoms with van der Waals surface area (Å²) < 4.78 is 4.71. The van der Waals surface area contributed by atoms with Gasteiger partial charge in [0.1, 0.15) is 0 Å². The van der Waals surface area contributed by atoms with Crippen LogP contribution in [0.2, 0.25) is 0 Å².